The van der Waals surface area contributed by atoms with Crippen molar-refractivity contribution in [2.24, 2.45) is 5.73 Å². The molecule has 0 saturated carbocycles. The SMILES string of the molecule is Cc1ccccc1NC(CN)Cc1ccccc1.Cl. The molecule has 19 heavy (non-hydrogen) atoms. The van der Waals surface area contributed by atoms with Crippen LogP contribution in [0.4, 0.5) is 5.69 Å². The monoisotopic (exact) mass is 276 g/mol. The van der Waals surface area contributed by atoms with Gasteiger partial charge >= 0.3 is 0 Å². The fourth-order valence-corrected chi connectivity index (χ4v) is 2.05. The van der Waals surface area contributed by atoms with Crippen molar-refractivity contribution < 1.29 is 0 Å². The molecule has 0 aliphatic rings. The smallest absolute Gasteiger partial charge is 0.0424 e. The van der Waals surface area contributed by atoms with Gasteiger partial charge in [-0.15, -0.1) is 12.4 Å². The highest BCUT2D eigenvalue weighted by atomic mass is 35.5. The van der Waals surface area contributed by atoms with Crippen molar-refractivity contribution >= 4 is 18.1 Å². The molecule has 2 nitrogen and oxygen atoms in total. The summed E-state index contributed by atoms with van der Waals surface area (Å²) in [4.78, 5) is 0. The molecule has 0 aliphatic carbocycles. The van der Waals surface area contributed by atoms with Gasteiger partial charge in [0.05, 0.1) is 0 Å². The van der Waals surface area contributed by atoms with Crippen LogP contribution in [0, 0.1) is 6.92 Å². The lowest BCUT2D eigenvalue weighted by molar-refractivity contribution is 0.723. The van der Waals surface area contributed by atoms with E-state index in [1.807, 2.05) is 12.1 Å². The molecular formula is C16H21ClN2. The third kappa shape index (κ3) is 4.58. The minimum atomic E-state index is 0. The van der Waals surface area contributed by atoms with E-state index in [0.717, 1.165) is 6.42 Å². The second kappa shape index (κ2) is 7.82. The zero-order valence-corrected chi connectivity index (χ0v) is 12.0. The Morgan fingerprint density at radius 3 is 2.26 bits per heavy atom. The van der Waals surface area contributed by atoms with Crippen LogP contribution < -0.4 is 11.1 Å². The Balaban J connectivity index is 0.00000180. The summed E-state index contributed by atoms with van der Waals surface area (Å²) >= 11 is 0. The number of hydrogen-bond donors (Lipinski definition) is 2. The lowest BCUT2D eigenvalue weighted by Crippen LogP contribution is -2.31. The molecule has 1 atom stereocenters. The zero-order valence-electron chi connectivity index (χ0n) is 11.2. The van der Waals surface area contributed by atoms with Gasteiger partial charge in [-0.3, -0.25) is 0 Å². The van der Waals surface area contributed by atoms with E-state index in [0.29, 0.717) is 6.54 Å². The van der Waals surface area contributed by atoms with Crippen LogP contribution in [0.1, 0.15) is 11.1 Å². The standard InChI is InChI=1S/C16H20N2.ClH/c1-13-7-5-6-10-16(13)18-15(12-17)11-14-8-3-2-4-9-14;/h2-10,15,18H,11-12,17H2,1H3;1H. The van der Waals surface area contributed by atoms with Crippen LogP contribution >= 0.6 is 12.4 Å². The van der Waals surface area contributed by atoms with Crippen molar-refractivity contribution in [1.29, 1.82) is 0 Å². The summed E-state index contributed by atoms with van der Waals surface area (Å²) in [5.41, 5.74) is 9.59. The number of halogens is 1. The Bertz CT molecular complexity index is 485. The first-order valence-electron chi connectivity index (χ1n) is 6.36. The molecule has 0 bridgehead atoms. The molecule has 2 rings (SSSR count). The average molecular weight is 277 g/mol. The number of benzene rings is 2. The lowest BCUT2D eigenvalue weighted by atomic mass is 10.1. The molecule has 0 spiro atoms. The van der Waals surface area contributed by atoms with E-state index in [2.05, 4.69) is 54.7 Å². The van der Waals surface area contributed by atoms with Gasteiger partial charge in [-0.05, 0) is 30.5 Å². The molecule has 0 aromatic heterocycles. The zero-order chi connectivity index (χ0) is 12.8. The van der Waals surface area contributed by atoms with Crippen LogP contribution in [0.3, 0.4) is 0 Å². The lowest BCUT2D eigenvalue weighted by Gasteiger charge is -2.19. The van der Waals surface area contributed by atoms with Gasteiger partial charge in [0.2, 0.25) is 0 Å². The van der Waals surface area contributed by atoms with Crippen molar-refractivity contribution in [3.05, 3.63) is 65.7 Å². The normalized spacial score (nSPS) is 11.5. The molecule has 0 amide bonds. The number of anilines is 1. The van der Waals surface area contributed by atoms with Crippen LogP contribution in [0.15, 0.2) is 54.6 Å². The van der Waals surface area contributed by atoms with Gasteiger partial charge in [0, 0.05) is 18.3 Å². The first kappa shape index (κ1) is 15.5. The third-order valence-corrected chi connectivity index (χ3v) is 3.11. The minimum Gasteiger partial charge on any atom is -0.380 e. The Labute approximate surface area is 121 Å². The molecule has 0 fully saturated rings. The highest BCUT2D eigenvalue weighted by Crippen LogP contribution is 2.15. The molecule has 3 N–H and O–H groups in total. The summed E-state index contributed by atoms with van der Waals surface area (Å²) in [5, 5.41) is 3.52. The van der Waals surface area contributed by atoms with E-state index in [-0.39, 0.29) is 18.4 Å². The van der Waals surface area contributed by atoms with Crippen LogP contribution in [0.25, 0.3) is 0 Å². The minimum absolute atomic E-state index is 0. The van der Waals surface area contributed by atoms with Crippen molar-refractivity contribution in [1.82, 2.24) is 0 Å². The van der Waals surface area contributed by atoms with Gasteiger partial charge in [0.25, 0.3) is 0 Å². The molecule has 0 saturated heterocycles. The Hall–Kier alpha value is -1.51. The number of nitrogens with one attached hydrogen (secondary N) is 1. The number of rotatable bonds is 5. The predicted molar refractivity (Wildman–Crippen MR) is 85.0 cm³/mol. The van der Waals surface area contributed by atoms with Crippen LogP contribution in [-0.4, -0.2) is 12.6 Å². The predicted octanol–water partition coefficient (Wildman–Crippen LogP) is 3.40. The summed E-state index contributed by atoms with van der Waals surface area (Å²) in [7, 11) is 0. The molecule has 102 valence electrons. The van der Waals surface area contributed by atoms with E-state index >= 15 is 0 Å². The fourth-order valence-electron chi connectivity index (χ4n) is 2.05. The topological polar surface area (TPSA) is 38.0 Å². The fraction of sp³-hybridized carbons (Fsp3) is 0.250. The highest BCUT2D eigenvalue weighted by Gasteiger charge is 2.08. The van der Waals surface area contributed by atoms with Gasteiger partial charge < -0.3 is 11.1 Å². The second-order valence-electron chi connectivity index (χ2n) is 4.58. The Morgan fingerprint density at radius 1 is 1.00 bits per heavy atom. The molecule has 3 heteroatoms. The quantitative estimate of drug-likeness (QED) is 0.878. The summed E-state index contributed by atoms with van der Waals surface area (Å²) in [6, 6.07) is 19.0. The van der Waals surface area contributed by atoms with Crippen LogP contribution in [-0.2, 0) is 6.42 Å². The molecule has 0 radical (unpaired) electrons. The first-order valence-corrected chi connectivity index (χ1v) is 6.36. The number of nitrogens with two attached hydrogens (primary N) is 1. The second-order valence-corrected chi connectivity index (χ2v) is 4.58. The van der Waals surface area contributed by atoms with E-state index in [1.165, 1.54) is 16.8 Å². The third-order valence-electron chi connectivity index (χ3n) is 3.11. The number of hydrogen-bond acceptors (Lipinski definition) is 2. The Kier molecular flexibility index (Phi) is 6.40. The van der Waals surface area contributed by atoms with Crippen LogP contribution in [0.2, 0.25) is 0 Å². The van der Waals surface area contributed by atoms with Gasteiger partial charge in [0.15, 0.2) is 0 Å². The summed E-state index contributed by atoms with van der Waals surface area (Å²) < 4.78 is 0. The first-order chi connectivity index (χ1) is 8.79. The molecule has 2 aromatic rings. The maximum atomic E-state index is 5.86. The molecule has 1 unspecified atom stereocenters. The van der Waals surface area contributed by atoms with E-state index in [9.17, 15) is 0 Å². The maximum absolute atomic E-state index is 5.86. The van der Waals surface area contributed by atoms with Gasteiger partial charge in [-0.25, -0.2) is 0 Å². The number of para-hydroxylation sites is 1. The van der Waals surface area contributed by atoms with E-state index in [4.69, 9.17) is 5.73 Å². The van der Waals surface area contributed by atoms with Crippen LogP contribution in [0.5, 0.6) is 0 Å². The van der Waals surface area contributed by atoms with Crippen molar-refractivity contribution in [3.63, 3.8) is 0 Å². The van der Waals surface area contributed by atoms with Gasteiger partial charge in [0.1, 0.15) is 0 Å². The van der Waals surface area contributed by atoms with Gasteiger partial charge in [-0.2, -0.15) is 0 Å². The Morgan fingerprint density at radius 2 is 1.63 bits per heavy atom. The van der Waals surface area contributed by atoms with Gasteiger partial charge in [-0.1, -0.05) is 48.5 Å². The average Bonchev–Trinajstić information content (AvgIpc) is 2.41. The van der Waals surface area contributed by atoms with Crippen molar-refractivity contribution in [2.45, 2.75) is 19.4 Å². The summed E-state index contributed by atoms with van der Waals surface area (Å²) in [6.07, 6.45) is 0.950. The summed E-state index contributed by atoms with van der Waals surface area (Å²) in [5.74, 6) is 0. The van der Waals surface area contributed by atoms with E-state index < -0.39 is 0 Å². The largest absolute Gasteiger partial charge is 0.380 e. The highest BCUT2D eigenvalue weighted by molar-refractivity contribution is 5.85. The van der Waals surface area contributed by atoms with Crippen molar-refractivity contribution in [3.8, 4) is 0 Å². The maximum Gasteiger partial charge on any atom is 0.0424 e. The van der Waals surface area contributed by atoms with E-state index in [1.54, 1.807) is 0 Å². The molecular weight excluding hydrogens is 256 g/mol. The summed E-state index contributed by atoms with van der Waals surface area (Å²) in [6.45, 7) is 2.74. The molecule has 2 aromatic carbocycles. The number of aryl methyl sites for hydroxylation is 1. The van der Waals surface area contributed by atoms with Crippen molar-refractivity contribution in [2.75, 3.05) is 11.9 Å². The molecule has 0 aliphatic heterocycles. The molecule has 0 heterocycles.